The predicted octanol–water partition coefficient (Wildman–Crippen LogP) is 6.00. The topological polar surface area (TPSA) is 126 Å². The van der Waals surface area contributed by atoms with E-state index in [0.717, 1.165) is 48.3 Å². The third-order valence-corrected chi connectivity index (χ3v) is 8.81. The molecule has 5 rings (SSSR count). The van der Waals surface area contributed by atoms with E-state index in [2.05, 4.69) is 15.5 Å². The first-order valence-corrected chi connectivity index (χ1v) is 16.7. The molecule has 9 heteroatoms. The van der Waals surface area contributed by atoms with E-state index in [1.165, 1.54) is 32.1 Å². The maximum Gasteiger partial charge on any atom is 0.224 e. The maximum atomic E-state index is 12.5. The number of nitrogens with one attached hydrogen (secondary N) is 2. The number of anilines is 2. The SMILES string of the molecule is Nc1ccccc1NC(=O)CCCC(=O)NCc1ccc(C2OC(CN3CCCCCCC3)CC(c3ccc(CO)cc3)O2)cc1. The van der Waals surface area contributed by atoms with Gasteiger partial charge in [-0.25, -0.2) is 0 Å². The van der Waals surface area contributed by atoms with Crippen LogP contribution in [0.3, 0.4) is 0 Å². The standard InChI is InChI=1S/C37H48N4O5/c38-32-9-4-5-10-33(32)40-36(44)12-8-11-35(43)39-24-27-13-19-30(20-14-27)37-45-31(25-41-21-6-2-1-3-7-22-41)23-34(46-37)29-17-15-28(26-42)16-18-29/h4-5,9-10,13-20,31,34,37,42H,1-3,6-8,11-12,21-26,38H2,(H,39,43)(H,40,44). The molecule has 2 aliphatic rings. The van der Waals surface area contributed by atoms with Crippen LogP contribution in [0.2, 0.25) is 0 Å². The van der Waals surface area contributed by atoms with E-state index in [9.17, 15) is 14.7 Å². The third kappa shape index (κ3) is 10.1. The van der Waals surface area contributed by atoms with Crippen LogP contribution in [0.25, 0.3) is 0 Å². The van der Waals surface area contributed by atoms with Gasteiger partial charge < -0.3 is 35.8 Å². The smallest absolute Gasteiger partial charge is 0.224 e. The molecule has 3 aromatic rings. The van der Waals surface area contributed by atoms with Crippen molar-refractivity contribution in [2.75, 3.05) is 30.7 Å². The summed E-state index contributed by atoms with van der Waals surface area (Å²) in [6, 6.07) is 23.1. The molecule has 0 aliphatic carbocycles. The molecule has 2 heterocycles. The molecular formula is C37H48N4O5. The summed E-state index contributed by atoms with van der Waals surface area (Å²) < 4.78 is 13.1. The van der Waals surface area contributed by atoms with Crippen LogP contribution in [0.5, 0.6) is 0 Å². The number of benzene rings is 3. The molecule has 3 atom stereocenters. The highest BCUT2D eigenvalue weighted by Gasteiger charge is 2.33. The minimum Gasteiger partial charge on any atom is -0.397 e. The molecule has 2 fully saturated rings. The van der Waals surface area contributed by atoms with Crippen molar-refractivity contribution in [2.45, 2.75) is 89.4 Å². The van der Waals surface area contributed by atoms with E-state index in [4.69, 9.17) is 15.2 Å². The van der Waals surface area contributed by atoms with E-state index in [1.807, 2.05) is 60.7 Å². The number of hydrogen-bond acceptors (Lipinski definition) is 7. The number of aliphatic hydroxyl groups excluding tert-OH is 1. The summed E-state index contributed by atoms with van der Waals surface area (Å²) in [7, 11) is 0. The zero-order chi connectivity index (χ0) is 32.1. The van der Waals surface area contributed by atoms with E-state index in [1.54, 1.807) is 12.1 Å². The number of nitrogens with two attached hydrogens (primary N) is 1. The van der Waals surface area contributed by atoms with Crippen molar-refractivity contribution in [3.8, 4) is 0 Å². The lowest BCUT2D eigenvalue weighted by Gasteiger charge is -2.38. The fraction of sp³-hybridized carbons (Fsp3) is 0.459. The number of carbonyl (C=O) groups excluding carboxylic acids is 2. The summed E-state index contributed by atoms with van der Waals surface area (Å²) in [6.07, 6.45) is 7.53. The molecule has 0 aromatic heterocycles. The molecular weight excluding hydrogens is 580 g/mol. The lowest BCUT2D eigenvalue weighted by atomic mass is 9.99. The van der Waals surface area contributed by atoms with Crippen LogP contribution in [0.4, 0.5) is 11.4 Å². The monoisotopic (exact) mass is 628 g/mol. The first-order valence-electron chi connectivity index (χ1n) is 16.7. The Morgan fingerprint density at radius 3 is 2.17 bits per heavy atom. The average molecular weight is 629 g/mol. The Balaban J connectivity index is 1.13. The highest BCUT2D eigenvalue weighted by molar-refractivity contribution is 5.93. The molecule has 0 spiro atoms. The number of rotatable bonds is 12. The molecule has 2 aliphatic heterocycles. The molecule has 5 N–H and O–H groups in total. The summed E-state index contributed by atoms with van der Waals surface area (Å²) in [6.45, 7) is 3.52. The fourth-order valence-corrected chi connectivity index (χ4v) is 6.13. The molecule has 2 saturated heterocycles. The van der Waals surface area contributed by atoms with Crippen molar-refractivity contribution >= 4 is 23.2 Å². The molecule has 0 saturated carbocycles. The van der Waals surface area contributed by atoms with Crippen molar-refractivity contribution in [1.29, 1.82) is 0 Å². The number of aliphatic hydroxyl groups is 1. The first kappa shape index (κ1) is 33.6. The van der Waals surface area contributed by atoms with Crippen LogP contribution in [-0.2, 0) is 32.2 Å². The van der Waals surface area contributed by atoms with Crippen molar-refractivity contribution in [3.63, 3.8) is 0 Å². The second kappa shape index (κ2) is 17.2. The zero-order valence-corrected chi connectivity index (χ0v) is 26.7. The van der Waals surface area contributed by atoms with Gasteiger partial charge in [0.2, 0.25) is 11.8 Å². The molecule has 3 aromatic carbocycles. The van der Waals surface area contributed by atoms with E-state index in [-0.39, 0.29) is 43.5 Å². The summed E-state index contributed by atoms with van der Waals surface area (Å²) >= 11 is 0. The minimum absolute atomic E-state index is 0.0176. The van der Waals surface area contributed by atoms with Gasteiger partial charge in [0.15, 0.2) is 6.29 Å². The number of para-hydroxylation sites is 2. The number of carbonyl (C=O) groups is 2. The van der Waals surface area contributed by atoms with Gasteiger partial charge in [0.1, 0.15) is 0 Å². The summed E-state index contributed by atoms with van der Waals surface area (Å²) in [4.78, 5) is 27.2. The number of nitrogen functional groups attached to an aromatic ring is 1. The Labute approximate surface area is 272 Å². The van der Waals surface area contributed by atoms with Crippen LogP contribution in [0.1, 0.15) is 92.4 Å². The molecule has 9 nitrogen and oxygen atoms in total. The Hall–Kier alpha value is -3.76. The molecule has 0 bridgehead atoms. The van der Waals surface area contributed by atoms with Crippen LogP contribution in [0.15, 0.2) is 72.8 Å². The fourth-order valence-electron chi connectivity index (χ4n) is 6.13. The lowest BCUT2D eigenvalue weighted by Crippen LogP contribution is -2.40. The van der Waals surface area contributed by atoms with Crippen LogP contribution in [-0.4, -0.2) is 47.6 Å². The van der Waals surface area contributed by atoms with Crippen LogP contribution < -0.4 is 16.4 Å². The molecule has 0 radical (unpaired) electrons. The predicted molar refractivity (Wildman–Crippen MR) is 180 cm³/mol. The number of hydrogen-bond donors (Lipinski definition) is 4. The average Bonchev–Trinajstić information content (AvgIpc) is 3.06. The Kier molecular flexibility index (Phi) is 12.6. The highest BCUT2D eigenvalue weighted by atomic mass is 16.7. The maximum absolute atomic E-state index is 12.5. The number of nitrogens with zero attached hydrogens (tertiary/aromatic N) is 1. The van der Waals surface area contributed by atoms with Crippen molar-refractivity contribution in [2.24, 2.45) is 0 Å². The first-order chi connectivity index (χ1) is 22.5. The van der Waals surface area contributed by atoms with Gasteiger partial charge in [0.25, 0.3) is 0 Å². The van der Waals surface area contributed by atoms with Gasteiger partial charge in [-0.3, -0.25) is 9.59 Å². The Morgan fingerprint density at radius 2 is 1.46 bits per heavy atom. The van der Waals surface area contributed by atoms with Gasteiger partial charge in [-0.2, -0.15) is 0 Å². The quantitative estimate of drug-likeness (QED) is 0.181. The summed E-state index contributed by atoms with van der Waals surface area (Å²) in [5, 5.41) is 15.2. The summed E-state index contributed by atoms with van der Waals surface area (Å²) in [5.41, 5.74) is 10.9. The van der Waals surface area contributed by atoms with E-state index in [0.29, 0.717) is 24.3 Å². The third-order valence-electron chi connectivity index (χ3n) is 8.81. The second-order valence-electron chi connectivity index (χ2n) is 12.4. The minimum atomic E-state index is -0.503. The van der Waals surface area contributed by atoms with Gasteiger partial charge in [-0.15, -0.1) is 0 Å². The van der Waals surface area contributed by atoms with Crippen LogP contribution >= 0.6 is 0 Å². The van der Waals surface area contributed by atoms with Crippen molar-refractivity contribution in [1.82, 2.24) is 10.2 Å². The molecule has 3 unspecified atom stereocenters. The largest absolute Gasteiger partial charge is 0.397 e. The molecule has 246 valence electrons. The van der Waals surface area contributed by atoms with Gasteiger partial charge in [0.05, 0.1) is 30.2 Å². The Morgan fingerprint density at radius 1 is 0.804 bits per heavy atom. The second-order valence-corrected chi connectivity index (χ2v) is 12.4. The van der Waals surface area contributed by atoms with Gasteiger partial charge in [-0.1, -0.05) is 79.9 Å². The summed E-state index contributed by atoms with van der Waals surface area (Å²) in [5.74, 6) is -0.265. The van der Waals surface area contributed by atoms with E-state index < -0.39 is 6.29 Å². The van der Waals surface area contributed by atoms with Gasteiger partial charge in [0, 0.05) is 37.9 Å². The van der Waals surface area contributed by atoms with Gasteiger partial charge >= 0.3 is 0 Å². The van der Waals surface area contributed by atoms with Crippen molar-refractivity contribution < 1.29 is 24.2 Å². The molecule has 46 heavy (non-hydrogen) atoms. The normalized spacial score (nSPS) is 20.8. The molecule has 2 amide bonds. The number of amides is 2. The number of likely N-dealkylation sites (tertiary alicyclic amines) is 1. The Bertz CT molecular complexity index is 1390. The van der Waals surface area contributed by atoms with E-state index >= 15 is 0 Å². The van der Waals surface area contributed by atoms with Crippen molar-refractivity contribution in [3.05, 3.63) is 95.1 Å². The zero-order valence-electron chi connectivity index (χ0n) is 26.7. The highest BCUT2D eigenvalue weighted by Crippen LogP contribution is 2.38. The number of ether oxygens (including phenoxy) is 2. The van der Waals surface area contributed by atoms with Crippen LogP contribution in [0, 0.1) is 0 Å². The van der Waals surface area contributed by atoms with Gasteiger partial charge in [-0.05, 0) is 61.2 Å². The lowest BCUT2D eigenvalue weighted by molar-refractivity contribution is -0.253.